The molecule has 0 spiro atoms. The van der Waals surface area contributed by atoms with Crippen LogP contribution in [0.2, 0.25) is 0 Å². The highest BCUT2D eigenvalue weighted by molar-refractivity contribution is 6.01. The second-order valence-electron chi connectivity index (χ2n) is 6.27. The Hall–Kier alpha value is -1.84. The maximum absolute atomic E-state index is 11.3. The lowest BCUT2D eigenvalue weighted by atomic mass is 9.80. The average molecular weight is 286 g/mol. The number of hydrogen-bond donors (Lipinski definition) is 1. The molecular formula is C17H22N2O2. The highest BCUT2D eigenvalue weighted by Gasteiger charge is 2.23. The number of carboxylic acid groups (broad SMARTS) is 1. The van der Waals surface area contributed by atoms with Crippen molar-refractivity contribution >= 4 is 17.0 Å². The first-order chi connectivity index (χ1) is 10.1. The Labute approximate surface area is 124 Å². The van der Waals surface area contributed by atoms with E-state index in [1.54, 1.807) is 6.07 Å². The fraction of sp³-hybridized carbons (Fsp3) is 0.529. The Bertz CT molecular complexity index is 675. The molecule has 3 rings (SSSR count). The van der Waals surface area contributed by atoms with E-state index in [0.29, 0.717) is 17.0 Å². The average Bonchev–Trinajstić information content (AvgIpc) is 2.77. The minimum atomic E-state index is -0.906. The molecule has 1 aliphatic carbocycles. The van der Waals surface area contributed by atoms with Gasteiger partial charge >= 0.3 is 5.97 Å². The number of rotatable bonds is 3. The van der Waals surface area contributed by atoms with Crippen LogP contribution in [0.3, 0.4) is 0 Å². The van der Waals surface area contributed by atoms with Crippen molar-refractivity contribution < 1.29 is 9.90 Å². The number of aromatic carboxylic acids is 1. The van der Waals surface area contributed by atoms with Gasteiger partial charge in [0.1, 0.15) is 11.3 Å². The van der Waals surface area contributed by atoms with E-state index in [2.05, 4.69) is 16.5 Å². The summed E-state index contributed by atoms with van der Waals surface area (Å²) in [5, 5.41) is 9.30. The fourth-order valence-electron chi connectivity index (χ4n) is 3.56. The maximum atomic E-state index is 11.3. The first kappa shape index (κ1) is 14.1. The number of imidazole rings is 1. The molecule has 1 N–H and O–H groups in total. The second kappa shape index (κ2) is 5.51. The van der Waals surface area contributed by atoms with Crippen LogP contribution < -0.4 is 0 Å². The monoisotopic (exact) mass is 286 g/mol. The van der Waals surface area contributed by atoms with Gasteiger partial charge in [-0.05, 0) is 37.3 Å². The number of para-hydroxylation sites is 1. The van der Waals surface area contributed by atoms with E-state index in [1.807, 2.05) is 19.1 Å². The number of benzene rings is 1. The van der Waals surface area contributed by atoms with Gasteiger partial charge in [-0.25, -0.2) is 9.78 Å². The van der Waals surface area contributed by atoms with Gasteiger partial charge < -0.3 is 9.67 Å². The number of nitrogens with zero attached hydrogens (tertiary/aromatic N) is 2. The van der Waals surface area contributed by atoms with Crippen LogP contribution in [0.1, 0.15) is 48.8 Å². The molecule has 0 bridgehead atoms. The summed E-state index contributed by atoms with van der Waals surface area (Å²) in [5.74, 6) is 1.41. The first-order valence-electron chi connectivity index (χ1n) is 7.77. The predicted molar refractivity (Wildman–Crippen MR) is 82.6 cm³/mol. The van der Waals surface area contributed by atoms with Crippen LogP contribution in [0.4, 0.5) is 0 Å². The molecule has 1 saturated carbocycles. The number of carboxylic acids is 1. The van der Waals surface area contributed by atoms with Gasteiger partial charge in [0.25, 0.3) is 0 Å². The molecule has 2 atom stereocenters. The van der Waals surface area contributed by atoms with Crippen LogP contribution in [0, 0.1) is 18.8 Å². The summed E-state index contributed by atoms with van der Waals surface area (Å²) < 4.78 is 2.20. The quantitative estimate of drug-likeness (QED) is 0.931. The van der Waals surface area contributed by atoms with Crippen molar-refractivity contribution in [3.8, 4) is 0 Å². The molecule has 1 aromatic carbocycles. The third-order valence-corrected chi connectivity index (χ3v) is 4.91. The van der Waals surface area contributed by atoms with E-state index >= 15 is 0 Å². The van der Waals surface area contributed by atoms with Gasteiger partial charge in [0.2, 0.25) is 0 Å². The molecule has 1 aliphatic rings. The molecule has 2 aromatic rings. The lowest BCUT2D eigenvalue weighted by molar-refractivity contribution is 0.0699. The van der Waals surface area contributed by atoms with Gasteiger partial charge in [-0.2, -0.15) is 0 Å². The minimum Gasteiger partial charge on any atom is -0.478 e. The van der Waals surface area contributed by atoms with Crippen molar-refractivity contribution in [2.45, 2.75) is 46.1 Å². The third-order valence-electron chi connectivity index (χ3n) is 4.91. The van der Waals surface area contributed by atoms with E-state index in [0.717, 1.165) is 23.8 Å². The van der Waals surface area contributed by atoms with Crippen molar-refractivity contribution in [2.75, 3.05) is 0 Å². The number of carbonyl (C=O) groups is 1. The molecule has 112 valence electrons. The van der Waals surface area contributed by atoms with Crippen LogP contribution in [-0.4, -0.2) is 20.6 Å². The van der Waals surface area contributed by atoms with Gasteiger partial charge in [0.15, 0.2) is 0 Å². The Morgan fingerprint density at radius 3 is 2.86 bits per heavy atom. The fourth-order valence-corrected chi connectivity index (χ4v) is 3.56. The zero-order valence-electron chi connectivity index (χ0n) is 12.7. The number of hydrogen-bond acceptors (Lipinski definition) is 2. The Morgan fingerprint density at radius 2 is 2.14 bits per heavy atom. The summed E-state index contributed by atoms with van der Waals surface area (Å²) in [6.07, 6.45) is 5.21. The summed E-state index contributed by atoms with van der Waals surface area (Å²) in [7, 11) is 0. The summed E-state index contributed by atoms with van der Waals surface area (Å²) in [6.45, 7) is 5.26. The van der Waals surface area contributed by atoms with Crippen LogP contribution in [0.5, 0.6) is 0 Å². The predicted octanol–water partition coefficient (Wildman–Crippen LogP) is 3.87. The van der Waals surface area contributed by atoms with Crippen LogP contribution in [0.15, 0.2) is 18.2 Å². The van der Waals surface area contributed by atoms with Crippen molar-refractivity contribution in [3.63, 3.8) is 0 Å². The largest absolute Gasteiger partial charge is 0.478 e. The van der Waals surface area contributed by atoms with Crippen molar-refractivity contribution in [3.05, 3.63) is 29.6 Å². The van der Waals surface area contributed by atoms with E-state index in [4.69, 9.17) is 0 Å². The molecule has 1 aromatic heterocycles. The van der Waals surface area contributed by atoms with Gasteiger partial charge in [-0.3, -0.25) is 0 Å². The molecule has 1 heterocycles. The Balaban J connectivity index is 2.00. The van der Waals surface area contributed by atoms with Gasteiger partial charge in [-0.1, -0.05) is 32.3 Å². The number of fused-ring (bicyclic) bond motifs is 1. The molecule has 4 heteroatoms. The topological polar surface area (TPSA) is 55.1 Å². The lowest BCUT2D eigenvalue weighted by Crippen LogP contribution is -2.22. The molecule has 0 saturated heterocycles. The highest BCUT2D eigenvalue weighted by atomic mass is 16.4. The number of aryl methyl sites for hydroxylation is 1. The second-order valence-corrected chi connectivity index (χ2v) is 6.27. The third kappa shape index (κ3) is 2.55. The van der Waals surface area contributed by atoms with E-state index in [-0.39, 0.29) is 0 Å². The molecular weight excluding hydrogens is 264 g/mol. The molecule has 2 unspecified atom stereocenters. The van der Waals surface area contributed by atoms with Crippen molar-refractivity contribution in [2.24, 2.45) is 11.8 Å². The summed E-state index contributed by atoms with van der Waals surface area (Å²) >= 11 is 0. The Morgan fingerprint density at radius 1 is 1.38 bits per heavy atom. The van der Waals surface area contributed by atoms with E-state index in [1.165, 1.54) is 25.7 Å². The minimum absolute atomic E-state index is 0.297. The van der Waals surface area contributed by atoms with Crippen LogP contribution in [0.25, 0.3) is 11.0 Å². The molecule has 0 radical (unpaired) electrons. The maximum Gasteiger partial charge on any atom is 0.337 e. The van der Waals surface area contributed by atoms with Gasteiger partial charge in [0.05, 0.1) is 11.1 Å². The smallest absolute Gasteiger partial charge is 0.337 e. The highest BCUT2D eigenvalue weighted by Crippen LogP contribution is 2.32. The Kier molecular flexibility index (Phi) is 3.70. The summed E-state index contributed by atoms with van der Waals surface area (Å²) in [6, 6.07) is 5.42. The number of aromatic nitrogens is 2. The zero-order chi connectivity index (χ0) is 15.0. The molecule has 1 fully saturated rings. The molecule has 21 heavy (non-hydrogen) atoms. The first-order valence-corrected chi connectivity index (χ1v) is 7.77. The van der Waals surface area contributed by atoms with Crippen LogP contribution >= 0.6 is 0 Å². The SMILES string of the molecule is Cc1nc2c(C(=O)O)cccc2n1CC1CCCCC1C. The van der Waals surface area contributed by atoms with Crippen LogP contribution in [-0.2, 0) is 6.54 Å². The van der Waals surface area contributed by atoms with E-state index < -0.39 is 5.97 Å². The van der Waals surface area contributed by atoms with Crippen molar-refractivity contribution in [1.82, 2.24) is 9.55 Å². The normalized spacial score (nSPS) is 22.6. The molecule has 0 amide bonds. The molecule has 0 aliphatic heterocycles. The van der Waals surface area contributed by atoms with Gasteiger partial charge in [-0.15, -0.1) is 0 Å². The zero-order valence-corrected chi connectivity index (χ0v) is 12.7. The standard InChI is InChI=1S/C17H22N2O2/c1-11-6-3-4-7-13(11)10-19-12(2)18-16-14(17(20)21)8-5-9-15(16)19/h5,8-9,11,13H,3-4,6-7,10H2,1-2H3,(H,20,21). The lowest BCUT2D eigenvalue weighted by Gasteiger charge is -2.29. The van der Waals surface area contributed by atoms with Gasteiger partial charge in [0, 0.05) is 6.54 Å². The molecule has 4 nitrogen and oxygen atoms in total. The van der Waals surface area contributed by atoms with Crippen molar-refractivity contribution in [1.29, 1.82) is 0 Å². The summed E-state index contributed by atoms with van der Waals surface area (Å²) in [4.78, 5) is 15.8. The van der Waals surface area contributed by atoms with E-state index in [9.17, 15) is 9.90 Å². The summed E-state index contributed by atoms with van der Waals surface area (Å²) in [5.41, 5.74) is 1.86.